The van der Waals surface area contributed by atoms with Crippen molar-refractivity contribution in [1.29, 1.82) is 0 Å². The van der Waals surface area contributed by atoms with Gasteiger partial charge in [-0.05, 0) is 73.5 Å². The molecule has 1 aliphatic carbocycles. The van der Waals surface area contributed by atoms with E-state index in [4.69, 9.17) is 0 Å². The number of para-hydroxylation sites is 2. The second-order valence-corrected chi connectivity index (χ2v) is 9.16. The van der Waals surface area contributed by atoms with Crippen molar-refractivity contribution in [2.45, 2.75) is 12.8 Å². The molecule has 0 saturated carbocycles. The Hall–Kier alpha value is -3.56. The summed E-state index contributed by atoms with van der Waals surface area (Å²) < 4.78 is 3.47. The highest BCUT2D eigenvalue weighted by Gasteiger charge is 2.19. The van der Waals surface area contributed by atoms with Gasteiger partial charge in [-0.3, -0.25) is 0 Å². The summed E-state index contributed by atoms with van der Waals surface area (Å²) in [7, 11) is 0. The summed E-state index contributed by atoms with van der Waals surface area (Å²) in [6.07, 6.45) is 8.74. The zero-order valence-corrected chi connectivity index (χ0v) is 19.7. The van der Waals surface area contributed by atoms with Crippen molar-refractivity contribution in [3.8, 4) is 5.69 Å². The summed E-state index contributed by atoms with van der Waals surface area (Å²) >= 11 is 3.84. The second-order valence-electron chi connectivity index (χ2n) is 8.30. The highest BCUT2D eigenvalue weighted by atomic mass is 79.9. The standard InChI is InChI=1S/C30H23BrN2/c31-27-17-10-18-29-30(27)26-21-25(19-20-28(26)33(29)24-15-8-3-9-16-24)32(22-11-4-1-5-12-22)23-13-6-2-7-14-23/h1-6,8-13,15-21H,7,14H2. The number of nitrogens with zero attached hydrogens (tertiary/aromatic N) is 2. The fourth-order valence-corrected chi connectivity index (χ4v) is 5.41. The average Bonchev–Trinajstić information content (AvgIpc) is 3.21. The first-order chi connectivity index (χ1) is 16.3. The molecule has 5 aromatic rings. The lowest BCUT2D eigenvalue weighted by Gasteiger charge is -2.29. The van der Waals surface area contributed by atoms with Crippen LogP contribution in [0.15, 0.2) is 125 Å². The van der Waals surface area contributed by atoms with Crippen molar-refractivity contribution in [3.63, 3.8) is 0 Å². The van der Waals surface area contributed by atoms with Crippen LogP contribution in [0.4, 0.5) is 11.4 Å². The van der Waals surface area contributed by atoms with Crippen LogP contribution in [-0.2, 0) is 0 Å². The van der Waals surface area contributed by atoms with E-state index in [0.717, 1.165) is 17.3 Å². The Morgan fingerprint density at radius 3 is 2.27 bits per heavy atom. The van der Waals surface area contributed by atoms with E-state index in [0.29, 0.717) is 0 Å². The number of allylic oxidation sites excluding steroid dienone is 4. The van der Waals surface area contributed by atoms with E-state index in [1.54, 1.807) is 0 Å². The van der Waals surface area contributed by atoms with Gasteiger partial charge in [0.1, 0.15) is 0 Å². The Kier molecular flexibility index (Phi) is 5.12. The van der Waals surface area contributed by atoms with E-state index in [9.17, 15) is 0 Å². The second kappa shape index (κ2) is 8.42. The monoisotopic (exact) mass is 490 g/mol. The minimum atomic E-state index is 1.03. The molecular weight excluding hydrogens is 468 g/mol. The molecule has 0 saturated heterocycles. The summed E-state index contributed by atoms with van der Waals surface area (Å²) in [6, 6.07) is 34.6. The quantitative estimate of drug-likeness (QED) is 0.244. The first kappa shape index (κ1) is 20.1. The van der Waals surface area contributed by atoms with Crippen molar-refractivity contribution in [2.24, 2.45) is 0 Å². The lowest BCUT2D eigenvalue weighted by molar-refractivity contribution is 0.918. The maximum Gasteiger partial charge on any atom is 0.0552 e. The predicted octanol–water partition coefficient (Wildman–Crippen LogP) is 8.92. The Morgan fingerprint density at radius 2 is 1.52 bits per heavy atom. The molecule has 1 heterocycles. The molecule has 0 spiro atoms. The highest BCUT2D eigenvalue weighted by Crippen LogP contribution is 2.40. The summed E-state index contributed by atoms with van der Waals surface area (Å²) in [5.74, 6) is 0. The number of benzene rings is 4. The molecular formula is C30H23BrN2. The van der Waals surface area contributed by atoms with Crippen LogP contribution in [-0.4, -0.2) is 4.57 Å². The van der Waals surface area contributed by atoms with Crippen LogP contribution >= 0.6 is 15.9 Å². The first-order valence-corrected chi connectivity index (χ1v) is 12.1. The summed E-state index contributed by atoms with van der Waals surface area (Å²) in [6.45, 7) is 0. The summed E-state index contributed by atoms with van der Waals surface area (Å²) in [5, 5.41) is 2.48. The molecule has 2 nitrogen and oxygen atoms in total. The lowest BCUT2D eigenvalue weighted by atomic mass is 10.1. The molecule has 0 aliphatic heterocycles. The van der Waals surface area contributed by atoms with E-state index in [1.807, 2.05) is 0 Å². The van der Waals surface area contributed by atoms with Crippen molar-refractivity contribution in [1.82, 2.24) is 4.57 Å². The predicted molar refractivity (Wildman–Crippen MR) is 144 cm³/mol. The number of fused-ring (bicyclic) bond motifs is 3. The normalized spacial score (nSPS) is 13.4. The Morgan fingerprint density at radius 1 is 0.727 bits per heavy atom. The van der Waals surface area contributed by atoms with Crippen LogP contribution < -0.4 is 4.90 Å². The number of anilines is 2. The fourth-order valence-electron chi connectivity index (χ4n) is 4.84. The Labute approximate surface area is 202 Å². The number of hydrogen-bond donors (Lipinski definition) is 0. The molecule has 4 aromatic carbocycles. The molecule has 33 heavy (non-hydrogen) atoms. The van der Waals surface area contributed by atoms with Crippen LogP contribution in [0.1, 0.15) is 12.8 Å². The van der Waals surface area contributed by atoms with E-state index in [1.165, 1.54) is 44.6 Å². The van der Waals surface area contributed by atoms with Gasteiger partial charge >= 0.3 is 0 Å². The zero-order chi connectivity index (χ0) is 22.2. The SMILES string of the molecule is Brc1cccc2c1c1cc(N(C3=CC=CCC3)c3ccccc3)ccc1n2-c1ccccc1. The van der Waals surface area contributed by atoms with Crippen LogP contribution in [0.25, 0.3) is 27.5 Å². The van der Waals surface area contributed by atoms with Crippen LogP contribution in [0, 0.1) is 0 Å². The van der Waals surface area contributed by atoms with Crippen LogP contribution in [0.2, 0.25) is 0 Å². The van der Waals surface area contributed by atoms with Gasteiger partial charge in [0.15, 0.2) is 0 Å². The highest BCUT2D eigenvalue weighted by molar-refractivity contribution is 9.10. The topological polar surface area (TPSA) is 8.17 Å². The van der Waals surface area contributed by atoms with Gasteiger partial charge in [0.05, 0.1) is 11.0 Å². The molecule has 0 unspecified atom stereocenters. The third-order valence-corrected chi connectivity index (χ3v) is 6.95. The molecule has 0 radical (unpaired) electrons. The molecule has 0 fully saturated rings. The van der Waals surface area contributed by atoms with Gasteiger partial charge in [-0.1, -0.05) is 70.5 Å². The average molecular weight is 491 g/mol. The largest absolute Gasteiger partial charge is 0.314 e. The molecule has 1 aliphatic rings. The van der Waals surface area contributed by atoms with E-state index in [-0.39, 0.29) is 0 Å². The zero-order valence-electron chi connectivity index (χ0n) is 18.2. The van der Waals surface area contributed by atoms with Crippen molar-refractivity contribution < 1.29 is 0 Å². The van der Waals surface area contributed by atoms with Crippen molar-refractivity contribution in [3.05, 3.63) is 125 Å². The van der Waals surface area contributed by atoms with Crippen LogP contribution in [0.3, 0.4) is 0 Å². The first-order valence-electron chi connectivity index (χ1n) is 11.3. The lowest BCUT2D eigenvalue weighted by Crippen LogP contribution is -2.17. The molecule has 6 rings (SSSR count). The maximum atomic E-state index is 3.84. The number of rotatable bonds is 4. The molecule has 0 bridgehead atoms. The van der Waals surface area contributed by atoms with Crippen molar-refractivity contribution >= 4 is 49.1 Å². The molecule has 1 aromatic heterocycles. The minimum Gasteiger partial charge on any atom is -0.314 e. The van der Waals surface area contributed by atoms with E-state index in [2.05, 4.69) is 141 Å². The van der Waals surface area contributed by atoms with Gasteiger partial charge in [0.2, 0.25) is 0 Å². The summed E-state index contributed by atoms with van der Waals surface area (Å²) in [4.78, 5) is 2.39. The molecule has 3 heteroatoms. The van der Waals surface area contributed by atoms with E-state index >= 15 is 0 Å². The smallest absolute Gasteiger partial charge is 0.0552 e. The van der Waals surface area contributed by atoms with Gasteiger partial charge in [-0.2, -0.15) is 0 Å². The number of aromatic nitrogens is 1. The Bertz CT molecular complexity index is 1510. The van der Waals surface area contributed by atoms with E-state index < -0.39 is 0 Å². The minimum absolute atomic E-state index is 1.03. The van der Waals surface area contributed by atoms with Gasteiger partial charge in [0, 0.05) is 38.0 Å². The third kappa shape index (κ3) is 3.49. The summed E-state index contributed by atoms with van der Waals surface area (Å²) in [5.41, 5.74) is 7.26. The molecule has 160 valence electrons. The third-order valence-electron chi connectivity index (χ3n) is 6.29. The van der Waals surface area contributed by atoms with Crippen LogP contribution in [0.5, 0.6) is 0 Å². The molecule has 0 amide bonds. The Balaban J connectivity index is 1.63. The van der Waals surface area contributed by atoms with Gasteiger partial charge < -0.3 is 9.47 Å². The van der Waals surface area contributed by atoms with Crippen molar-refractivity contribution in [2.75, 3.05) is 4.90 Å². The number of hydrogen-bond acceptors (Lipinski definition) is 1. The van der Waals surface area contributed by atoms with Gasteiger partial charge in [-0.25, -0.2) is 0 Å². The van der Waals surface area contributed by atoms with Gasteiger partial charge in [0.25, 0.3) is 0 Å². The number of halogens is 1. The molecule has 0 N–H and O–H groups in total. The fraction of sp³-hybridized carbons (Fsp3) is 0.0667. The maximum absolute atomic E-state index is 3.84. The van der Waals surface area contributed by atoms with Gasteiger partial charge in [-0.15, -0.1) is 0 Å². The molecule has 0 atom stereocenters.